The quantitative estimate of drug-likeness (QED) is 0.122. The first-order chi connectivity index (χ1) is 62.3. The molecule has 26 rings (SSSR count). The van der Waals surface area contributed by atoms with Crippen LogP contribution in [0.4, 0.5) is 0 Å². The fourth-order valence-electron chi connectivity index (χ4n) is 18.5. The van der Waals surface area contributed by atoms with Crippen molar-refractivity contribution in [3.63, 3.8) is 0 Å². The van der Waals surface area contributed by atoms with E-state index in [1.54, 1.807) is 0 Å². The Balaban J connectivity index is 0.000000137. The monoisotopic (exact) mass is 1710 g/mol. The maximum atomic E-state index is 5.40. The second-order valence-corrected chi connectivity index (χ2v) is 38.6. The van der Waals surface area contributed by atoms with Gasteiger partial charge in [-0.25, -0.2) is 19.9 Å². The molecule has 4 nitrogen and oxygen atoms in total. The minimum absolute atomic E-state index is 0.698. The van der Waals surface area contributed by atoms with Crippen LogP contribution in [0.2, 0.25) is 0 Å². The van der Waals surface area contributed by atoms with E-state index in [0.717, 1.165) is 84.0 Å². The number of fused-ring (bicyclic) bond motifs is 18. The lowest BCUT2D eigenvalue weighted by Crippen LogP contribution is -1.97. The Kier molecular flexibility index (Phi) is 18.1. The van der Waals surface area contributed by atoms with Crippen LogP contribution in [0.15, 0.2) is 413 Å². The summed E-state index contributed by atoms with van der Waals surface area (Å²) >= 11 is 11.2. The molecule has 0 N–H and O–H groups in total. The summed E-state index contributed by atoms with van der Waals surface area (Å²) < 4.78 is 15.6. The van der Waals surface area contributed by atoms with Crippen molar-refractivity contribution in [2.24, 2.45) is 0 Å². The van der Waals surface area contributed by atoms with E-state index in [4.69, 9.17) is 19.9 Å². The summed E-state index contributed by atoms with van der Waals surface area (Å²) in [6, 6.07) is 150. The second-order valence-electron chi connectivity index (χ2n) is 32.2. The normalized spacial score (nSPS) is 11.8. The molecule has 126 heavy (non-hydrogen) atoms. The Bertz CT molecular complexity index is 8620. The second kappa shape index (κ2) is 30.7. The van der Waals surface area contributed by atoms with E-state index in [2.05, 4.69) is 400 Å². The molecule has 0 radical (unpaired) electrons. The molecule has 10 heteroatoms. The molecule has 0 aliphatic carbocycles. The number of hydrogen-bond acceptors (Lipinski definition) is 10. The van der Waals surface area contributed by atoms with Gasteiger partial charge in [0.05, 0.1) is 22.8 Å². The zero-order chi connectivity index (χ0) is 82.9. The van der Waals surface area contributed by atoms with Crippen LogP contribution >= 0.6 is 68.0 Å². The van der Waals surface area contributed by atoms with Gasteiger partial charge in [0.2, 0.25) is 0 Å². The first-order valence-corrected chi connectivity index (χ1v) is 47.1. The van der Waals surface area contributed by atoms with E-state index in [1.807, 2.05) is 80.2 Å². The third-order valence-electron chi connectivity index (χ3n) is 24.6. The van der Waals surface area contributed by atoms with E-state index >= 15 is 0 Å². The van der Waals surface area contributed by atoms with Crippen LogP contribution in [-0.2, 0) is 0 Å². The molecule has 18 aromatic carbocycles. The van der Waals surface area contributed by atoms with Crippen molar-refractivity contribution in [3.05, 3.63) is 413 Å². The van der Waals surface area contributed by atoms with E-state index in [9.17, 15) is 0 Å². The van der Waals surface area contributed by atoms with Crippen molar-refractivity contribution in [3.8, 4) is 135 Å². The highest BCUT2D eigenvalue weighted by atomic mass is 32.1. The molecule has 0 saturated carbocycles. The molecular weight excluding hydrogens is 1640 g/mol. The molecule has 26 aromatic rings. The molecule has 0 bridgehead atoms. The van der Waals surface area contributed by atoms with Crippen molar-refractivity contribution in [2.45, 2.75) is 0 Å². The van der Waals surface area contributed by atoms with Crippen molar-refractivity contribution in [1.29, 1.82) is 0 Å². The van der Waals surface area contributed by atoms with Crippen molar-refractivity contribution < 1.29 is 0 Å². The van der Waals surface area contributed by atoms with E-state index in [1.165, 1.54) is 160 Å². The van der Waals surface area contributed by atoms with Crippen LogP contribution in [0, 0.1) is 0 Å². The summed E-state index contributed by atoms with van der Waals surface area (Å²) in [7, 11) is 0. The van der Waals surface area contributed by atoms with Gasteiger partial charge in [-0.2, -0.15) is 0 Å². The molecule has 0 fully saturated rings. The summed E-state index contributed by atoms with van der Waals surface area (Å²) in [6.07, 6.45) is 0. The molecule has 0 aliphatic rings. The lowest BCUT2D eigenvalue weighted by Gasteiger charge is -2.14. The molecule has 0 unspecified atom stereocenters. The average molecular weight is 1710 g/mol. The van der Waals surface area contributed by atoms with Crippen molar-refractivity contribution in [2.75, 3.05) is 0 Å². The SMILES string of the molecule is c1ccc(-c2nc(-c3cccc(-c4ccc5sc6ccccc6c5c4)c3)cc(-c3cc(-c4ccc5sc6ccccc6c5c4)cc(-c4ccc5sc6ccccc6c5c4)c3)n2)cc1.c1ccc(-c2nc(-c3cccc(-c4cccc5c4sc4ccccc45)c3)cc(-c3cc(-c4cccc5c4sc4ccccc45)cc(-c4cccc5c4sc4ccccc45)c3)n2)cc1. The fourth-order valence-corrected chi connectivity index (χ4v) is 25.4. The van der Waals surface area contributed by atoms with E-state index in [0.29, 0.717) is 11.6 Å². The molecule has 0 saturated heterocycles. The summed E-state index contributed by atoms with van der Waals surface area (Å²) in [5, 5.41) is 15.5. The van der Waals surface area contributed by atoms with Gasteiger partial charge < -0.3 is 0 Å². The standard InChI is InChI=1S/2C58H34N2S3/c1-2-14-35(15-3-1)58-59-50(37-17-10-16-36(30-37)41-21-11-24-47-44-18-4-7-27-52(44)61-55(41)47)34-51(60-58)40-32-38(42-22-12-25-48-45-19-5-8-28-53(45)62-56(42)48)31-39(33-40)43-23-13-26-49-46-20-6-9-29-54(46)63-57(43)49;1-2-11-35(12-3-1)58-59-50(40-14-10-13-36(27-40)37-21-24-55-47(31-37)44-15-4-7-18-52(44)61-55)34-51(60-58)43-29-41(38-22-25-56-48(32-38)45-16-5-8-19-53(45)62-56)28-42(30-43)39-23-26-57-49(33-39)46-17-6-9-20-54(46)63-57/h2*1-34H. The topological polar surface area (TPSA) is 51.6 Å². The number of benzene rings is 18. The van der Waals surface area contributed by atoms with Gasteiger partial charge in [-0.15, -0.1) is 68.0 Å². The molecule has 8 heterocycles. The van der Waals surface area contributed by atoms with Gasteiger partial charge in [0.1, 0.15) is 0 Å². The maximum Gasteiger partial charge on any atom is 0.160 e. The third kappa shape index (κ3) is 13.2. The van der Waals surface area contributed by atoms with Crippen LogP contribution in [0.1, 0.15) is 0 Å². The largest absolute Gasteiger partial charge is 0.228 e. The molecule has 0 aliphatic heterocycles. The number of rotatable bonds is 12. The Morgan fingerprint density at radius 2 is 0.365 bits per heavy atom. The lowest BCUT2D eigenvalue weighted by molar-refractivity contribution is 1.18. The summed E-state index contributed by atoms with van der Waals surface area (Å²) in [4.78, 5) is 21.4. The summed E-state index contributed by atoms with van der Waals surface area (Å²) in [5.74, 6) is 1.40. The first kappa shape index (κ1) is 74.1. The Labute approximate surface area is 749 Å². The predicted molar refractivity (Wildman–Crippen MR) is 547 cm³/mol. The van der Waals surface area contributed by atoms with Gasteiger partial charge in [-0.3, -0.25) is 0 Å². The molecular formula is C116H68N4S6. The molecule has 588 valence electrons. The first-order valence-electron chi connectivity index (χ1n) is 42.2. The van der Waals surface area contributed by atoms with Crippen LogP contribution < -0.4 is 0 Å². The van der Waals surface area contributed by atoms with Gasteiger partial charge in [0, 0.05) is 154 Å². The highest BCUT2D eigenvalue weighted by Gasteiger charge is 2.23. The van der Waals surface area contributed by atoms with Crippen molar-refractivity contribution in [1.82, 2.24) is 19.9 Å². The van der Waals surface area contributed by atoms with Gasteiger partial charge in [-0.1, -0.05) is 279 Å². The van der Waals surface area contributed by atoms with Gasteiger partial charge in [0.25, 0.3) is 0 Å². The smallest absolute Gasteiger partial charge is 0.160 e. The molecule has 0 spiro atoms. The Morgan fingerprint density at radius 1 is 0.127 bits per heavy atom. The Morgan fingerprint density at radius 3 is 0.754 bits per heavy atom. The minimum Gasteiger partial charge on any atom is -0.228 e. The molecule has 0 atom stereocenters. The zero-order valence-corrected chi connectivity index (χ0v) is 72.4. The summed E-state index contributed by atoms with van der Waals surface area (Å²) in [5.41, 5.74) is 23.8. The number of thiophene rings is 6. The van der Waals surface area contributed by atoms with E-state index in [-0.39, 0.29) is 0 Å². The number of hydrogen-bond donors (Lipinski definition) is 0. The van der Waals surface area contributed by atoms with Crippen molar-refractivity contribution >= 4 is 189 Å². The maximum absolute atomic E-state index is 5.40. The average Bonchev–Trinajstić information content (AvgIpc) is 1.58. The molecule has 0 amide bonds. The summed E-state index contributed by atoms with van der Waals surface area (Å²) in [6.45, 7) is 0. The van der Waals surface area contributed by atoms with Crippen LogP contribution in [0.5, 0.6) is 0 Å². The van der Waals surface area contributed by atoms with Gasteiger partial charge in [0.15, 0.2) is 11.6 Å². The van der Waals surface area contributed by atoms with Crippen LogP contribution in [0.25, 0.3) is 256 Å². The van der Waals surface area contributed by atoms with Gasteiger partial charge in [-0.05, 0) is 200 Å². The van der Waals surface area contributed by atoms with Crippen LogP contribution in [-0.4, -0.2) is 19.9 Å². The van der Waals surface area contributed by atoms with Crippen LogP contribution in [0.3, 0.4) is 0 Å². The molecule has 8 aromatic heterocycles. The zero-order valence-electron chi connectivity index (χ0n) is 67.5. The fraction of sp³-hybridized carbons (Fsp3) is 0. The minimum atomic E-state index is 0.698. The van der Waals surface area contributed by atoms with Gasteiger partial charge >= 0.3 is 0 Å². The van der Waals surface area contributed by atoms with E-state index < -0.39 is 0 Å². The lowest BCUT2D eigenvalue weighted by atomic mass is 9.93. The number of aromatic nitrogens is 4. The predicted octanol–water partition coefficient (Wildman–Crippen LogP) is 35.2. The highest BCUT2D eigenvalue weighted by Crippen LogP contribution is 2.49. The third-order valence-corrected chi connectivity index (χ3v) is 31.7. The Hall–Kier alpha value is -14.6. The number of nitrogens with zero attached hydrogens (tertiary/aromatic N) is 4. The highest BCUT2D eigenvalue weighted by molar-refractivity contribution is 7.28.